The summed E-state index contributed by atoms with van der Waals surface area (Å²) >= 11 is 1.27. The molecule has 7 nitrogen and oxygen atoms in total. The lowest BCUT2D eigenvalue weighted by Gasteiger charge is -2.10. The van der Waals surface area contributed by atoms with Crippen LogP contribution in [0, 0.1) is 0 Å². The quantitative estimate of drug-likeness (QED) is 0.639. The number of nitrogens with zero attached hydrogens (tertiary/aromatic N) is 2. The number of methoxy groups -OCH3 is 1. The Bertz CT molecular complexity index is 970. The van der Waals surface area contributed by atoms with Gasteiger partial charge in [0, 0.05) is 23.4 Å². The summed E-state index contributed by atoms with van der Waals surface area (Å²) < 4.78 is 5.28. The Labute approximate surface area is 166 Å². The van der Waals surface area contributed by atoms with Crippen LogP contribution in [-0.4, -0.2) is 29.1 Å². The van der Waals surface area contributed by atoms with Gasteiger partial charge in [-0.25, -0.2) is 0 Å². The molecule has 0 saturated heterocycles. The van der Waals surface area contributed by atoms with Gasteiger partial charge in [-0.2, -0.15) is 0 Å². The molecule has 0 aliphatic rings. The van der Waals surface area contributed by atoms with Crippen molar-refractivity contribution in [3.05, 3.63) is 69.7 Å². The second-order valence-electron chi connectivity index (χ2n) is 5.88. The van der Waals surface area contributed by atoms with Crippen LogP contribution >= 0.6 is 11.3 Å². The minimum absolute atomic E-state index is 0.208. The topological polar surface area (TPSA) is 93.2 Å². The SMILES string of the molecule is CCc1nnc(C(=O)Nc2ccc(C(=O)NCc3ccccc3OC)cc2)s1. The summed E-state index contributed by atoms with van der Waals surface area (Å²) in [6.07, 6.45) is 0.740. The Balaban J connectivity index is 1.58. The summed E-state index contributed by atoms with van der Waals surface area (Å²) in [7, 11) is 1.60. The van der Waals surface area contributed by atoms with Crippen LogP contribution < -0.4 is 15.4 Å². The Morgan fingerprint density at radius 1 is 1.04 bits per heavy atom. The van der Waals surface area contributed by atoms with Crippen LogP contribution in [0.25, 0.3) is 0 Å². The highest BCUT2D eigenvalue weighted by atomic mass is 32.1. The molecule has 0 saturated carbocycles. The number of rotatable bonds is 7. The van der Waals surface area contributed by atoms with Gasteiger partial charge in [0.2, 0.25) is 5.01 Å². The predicted molar refractivity (Wildman–Crippen MR) is 108 cm³/mol. The monoisotopic (exact) mass is 396 g/mol. The van der Waals surface area contributed by atoms with Crippen LogP contribution in [0.15, 0.2) is 48.5 Å². The number of amides is 2. The largest absolute Gasteiger partial charge is 0.496 e. The van der Waals surface area contributed by atoms with Crippen LogP contribution in [0.3, 0.4) is 0 Å². The maximum atomic E-state index is 12.4. The Morgan fingerprint density at radius 3 is 2.46 bits per heavy atom. The minimum Gasteiger partial charge on any atom is -0.496 e. The molecule has 144 valence electrons. The third kappa shape index (κ3) is 4.72. The van der Waals surface area contributed by atoms with Gasteiger partial charge in [0.05, 0.1) is 7.11 Å². The number of hydrogen-bond donors (Lipinski definition) is 2. The van der Waals surface area contributed by atoms with Crippen LogP contribution in [0.1, 0.15) is 37.7 Å². The molecule has 0 unspecified atom stereocenters. The van der Waals surface area contributed by atoms with Gasteiger partial charge < -0.3 is 15.4 Å². The van der Waals surface area contributed by atoms with E-state index >= 15 is 0 Å². The molecule has 28 heavy (non-hydrogen) atoms. The van der Waals surface area contributed by atoms with Crippen molar-refractivity contribution in [1.29, 1.82) is 0 Å². The van der Waals surface area contributed by atoms with Crippen molar-refractivity contribution in [3.63, 3.8) is 0 Å². The molecule has 0 atom stereocenters. The smallest absolute Gasteiger partial charge is 0.286 e. The molecule has 3 aromatic rings. The second kappa shape index (κ2) is 9.09. The number of aromatic nitrogens is 2. The fourth-order valence-electron chi connectivity index (χ4n) is 2.50. The third-order valence-electron chi connectivity index (χ3n) is 4.00. The van der Waals surface area contributed by atoms with Crippen LogP contribution in [0.4, 0.5) is 5.69 Å². The molecule has 0 spiro atoms. The summed E-state index contributed by atoms with van der Waals surface area (Å²) in [5.74, 6) is 0.204. The fraction of sp³-hybridized carbons (Fsp3) is 0.200. The normalized spacial score (nSPS) is 10.4. The van der Waals surface area contributed by atoms with Gasteiger partial charge in [-0.1, -0.05) is 36.5 Å². The number of anilines is 1. The molecule has 1 aromatic heterocycles. The van der Waals surface area contributed by atoms with Gasteiger partial charge in [0.15, 0.2) is 0 Å². The number of nitrogens with one attached hydrogen (secondary N) is 2. The molecule has 0 bridgehead atoms. The zero-order valence-corrected chi connectivity index (χ0v) is 16.4. The van der Waals surface area contributed by atoms with Gasteiger partial charge in [-0.3, -0.25) is 9.59 Å². The van der Waals surface area contributed by atoms with E-state index in [0.717, 1.165) is 22.7 Å². The molecule has 0 aliphatic heterocycles. The van der Waals surface area contributed by atoms with E-state index < -0.39 is 0 Å². The van der Waals surface area contributed by atoms with E-state index in [4.69, 9.17) is 4.74 Å². The molecular weight excluding hydrogens is 376 g/mol. The number of carbonyl (C=O) groups excluding carboxylic acids is 2. The summed E-state index contributed by atoms with van der Waals surface area (Å²) in [5, 5.41) is 14.6. The zero-order valence-electron chi connectivity index (χ0n) is 15.6. The van der Waals surface area contributed by atoms with Gasteiger partial charge >= 0.3 is 0 Å². The first-order valence-corrected chi connectivity index (χ1v) is 9.56. The van der Waals surface area contributed by atoms with E-state index in [1.807, 2.05) is 31.2 Å². The maximum absolute atomic E-state index is 12.4. The van der Waals surface area contributed by atoms with Crippen LogP contribution in [0.2, 0.25) is 0 Å². The Hall–Kier alpha value is -3.26. The van der Waals surface area contributed by atoms with E-state index in [-0.39, 0.29) is 11.8 Å². The van der Waals surface area contributed by atoms with Gasteiger partial charge in [0.1, 0.15) is 10.8 Å². The molecule has 0 fully saturated rings. The van der Waals surface area contributed by atoms with Gasteiger partial charge in [-0.05, 0) is 36.8 Å². The van der Waals surface area contributed by atoms with Gasteiger partial charge in [0.25, 0.3) is 11.8 Å². The number of benzene rings is 2. The first-order valence-electron chi connectivity index (χ1n) is 8.74. The van der Waals surface area contributed by atoms with E-state index in [9.17, 15) is 9.59 Å². The first-order chi connectivity index (χ1) is 13.6. The molecule has 8 heteroatoms. The lowest BCUT2D eigenvalue weighted by Crippen LogP contribution is -2.23. The molecule has 2 aromatic carbocycles. The molecule has 3 rings (SSSR count). The van der Waals surface area contributed by atoms with Crippen molar-refractivity contribution in [2.45, 2.75) is 19.9 Å². The van der Waals surface area contributed by atoms with Crippen molar-refractivity contribution in [3.8, 4) is 5.75 Å². The number of ether oxygens (including phenoxy) is 1. The van der Waals surface area contributed by atoms with Crippen molar-refractivity contribution in [2.75, 3.05) is 12.4 Å². The van der Waals surface area contributed by atoms with E-state index in [0.29, 0.717) is 22.8 Å². The molecule has 2 N–H and O–H groups in total. The van der Waals surface area contributed by atoms with Crippen LogP contribution in [0.5, 0.6) is 5.75 Å². The van der Waals surface area contributed by atoms with Crippen LogP contribution in [-0.2, 0) is 13.0 Å². The lowest BCUT2D eigenvalue weighted by molar-refractivity contribution is 0.0950. The lowest BCUT2D eigenvalue weighted by atomic mass is 10.1. The summed E-state index contributed by atoms with van der Waals surface area (Å²) in [6.45, 7) is 2.32. The highest BCUT2D eigenvalue weighted by Gasteiger charge is 2.13. The maximum Gasteiger partial charge on any atom is 0.286 e. The summed E-state index contributed by atoms with van der Waals surface area (Å²) in [4.78, 5) is 24.5. The second-order valence-corrected chi connectivity index (χ2v) is 6.94. The predicted octanol–water partition coefficient (Wildman–Crippen LogP) is 3.29. The number of aryl methyl sites for hydroxylation is 1. The van der Waals surface area contributed by atoms with Crippen molar-refractivity contribution >= 4 is 28.8 Å². The zero-order chi connectivity index (χ0) is 19.9. The standard InChI is InChI=1S/C20H20N4O3S/c1-3-17-23-24-20(28-17)19(26)22-15-10-8-13(9-11-15)18(25)21-12-14-6-4-5-7-16(14)27-2/h4-11H,3,12H2,1-2H3,(H,21,25)(H,22,26). The summed E-state index contributed by atoms with van der Waals surface area (Å²) in [6, 6.07) is 14.2. The average molecular weight is 396 g/mol. The molecule has 2 amide bonds. The van der Waals surface area contributed by atoms with E-state index in [1.165, 1.54) is 11.3 Å². The molecule has 0 aliphatic carbocycles. The fourth-order valence-corrected chi connectivity index (χ4v) is 3.18. The highest BCUT2D eigenvalue weighted by molar-refractivity contribution is 7.13. The molecule has 0 radical (unpaired) electrons. The van der Waals surface area contributed by atoms with Crippen molar-refractivity contribution < 1.29 is 14.3 Å². The van der Waals surface area contributed by atoms with E-state index in [2.05, 4.69) is 20.8 Å². The van der Waals surface area contributed by atoms with E-state index in [1.54, 1.807) is 31.4 Å². The van der Waals surface area contributed by atoms with Crippen molar-refractivity contribution in [2.24, 2.45) is 0 Å². The number of para-hydroxylation sites is 1. The number of hydrogen-bond acceptors (Lipinski definition) is 6. The van der Waals surface area contributed by atoms with Crippen molar-refractivity contribution in [1.82, 2.24) is 15.5 Å². The minimum atomic E-state index is -0.314. The highest BCUT2D eigenvalue weighted by Crippen LogP contribution is 2.17. The average Bonchev–Trinajstić information content (AvgIpc) is 3.22. The summed E-state index contributed by atoms with van der Waals surface area (Å²) in [5.41, 5.74) is 1.97. The third-order valence-corrected chi connectivity index (χ3v) is 5.07. The number of carbonyl (C=O) groups is 2. The molecular formula is C20H20N4O3S. The molecule has 1 heterocycles. The Kier molecular flexibility index (Phi) is 6.33. The van der Waals surface area contributed by atoms with Gasteiger partial charge in [-0.15, -0.1) is 10.2 Å². The Morgan fingerprint density at radius 2 is 1.79 bits per heavy atom. The first kappa shape index (κ1) is 19.5.